The highest BCUT2D eigenvalue weighted by Crippen LogP contribution is 2.30. The molecule has 2 aliphatic rings. The van der Waals surface area contributed by atoms with Gasteiger partial charge in [0, 0.05) is 50.8 Å². The molecule has 18 heavy (non-hydrogen) atoms. The van der Waals surface area contributed by atoms with Crippen molar-refractivity contribution >= 4 is 0 Å². The summed E-state index contributed by atoms with van der Waals surface area (Å²) in [5, 5.41) is 0. The van der Waals surface area contributed by atoms with Gasteiger partial charge in [-0.3, -0.25) is 4.90 Å². The van der Waals surface area contributed by atoms with E-state index in [1.807, 2.05) is 6.20 Å². The van der Waals surface area contributed by atoms with Gasteiger partial charge in [0.15, 0.2) is 0 Å². The van der Waals surface area contributed by atoms with Gasteiger partial charge in [-0.1, -0.05) is 0 Å². The lowest BCUT2D eigenvalue weighted by Gasteiger charge is -2.44. The van der Waals surface area contributed by atoms with Gasteiger partial charge in [0.2, 0.25) is 0 Å². The molecule has 2 aliphatic heterocycles. The zero-order valence-corrected chi connectivity index (χ0v) is 10.8. The fraction of sp³-hybridized carbons (Fsp3) is 0.769. The van der Waals surface area contributed by atoms with Crippen molar-refractivity contribution in [3.8, 4) is 0 Å². The number of hydrogen-bond donors (Lipinski definition) is 1. The Morgan fingerprint density at radius 3 is 3.17 bits per heavy atom. The maximum atomic E-state index is 6.11. The van der Waals surface area contributed by atoms with Crippen LogP contribution in [-0.4, -0.2) is 46.3 Å². The van der Waals surface area contributed by atoms with E-state index < -0.39 is 0 Å². The van der Waals surface area contributed by atoms with Gasteiger partial charge in [-0.2, -0.15) is 0 Å². The Morgan fingerprint density at radius 1 is 1.33 bits per heavy atom. The number of fused-ring (bicyclic) bond motifs is 1. The highest BCUT2D eigenvalue weighted by atomic mass is 16.5. The minimum atomic E-state index is 0.119. The number of nitrogens with two attached hydrogens (primary N) is 1. The Morgan fingerprint density at radius 2 is 2.28 bits per heavy atom. The number of nitrogens with zero attached hydrogens (tertiary/aromatic N) is 3. The summed E-state index contributed by atoms with van der Waals surface area (Å²) < 4.78 is 7.84. The Bertz CT molecular complexity index is 395. The summed E-state index contributed by atoms with van der Waals surface area (Å²) in [6.45, 7) is 5.45. The standard InChI is InChI=1S/C13H22N4O/c14-11-13(2-1-8-18-9-3-13)17-7-6-16-5-4-15-12(16)10-17/h4-5H,1-3,6-11,14H2. The largest absolute Gasteiger partial charge is 0.381 e. The van der Waals surface area contributed by atoms with Crippen LogP contribution in [0.15, 0.2) is 12.4 Å². The summed E-state index contributed by atoms with van der Waals surface area (Å²) in [6.07, 6.45) is 7.26. The van der Waals surface area contributed by atoms with E-state index in [1.165, 1.54) is 5.82 Å². The Labute approximate surface area is 108 Å². The van der Waals surface area contributed by atoms with Crippen LogP contribution < -0.4 is 5.73 Å². The van der Waals surface area contributed by atoms with Gasteiger partial charge in [-0.05, 0) is 19.3 Å². The van der Waals surface area contributed by atoms with Crippen molar-refractivity contribution in [1.82, 2.24) is 14.5 Å². The van der Waals surface area contributed by atoms with Gasteiger partial charge in [0.05, 0.1) is 6.54 Å². The molecule has 0 saturated carbocycles. The van der Waals surface area contributed by atoms with Crippen LogP contribution in [0, 0.1) is 0 Å². The number of ether oxygens (including phenoxy) is 1. The molecule has 0 aliphatic carbocycles. The molecule has 1 aromatic rings. The first-order chi connectivity index (χ1) is 8.84. The average molecular weight is 250 g/mol. The van der Waals surface area contributed by atoms with Crippen LogP contribution in [0.3, 0.4) is 0 Å². The summed E-state index contributed by atoms with van der Waals surface area (Å²) in [7, 11) is 0. The van der Waals surface area contributed by atoms with E-state index in [4.69, 9.17) is 10.5 Å². The molecule has 0 bridgehead atoms. The monoisotopic (exact) mass is 250 g/mol. The zero-order valence-electron chi connectivity index (χ0n) is 10.8. The molecule has 0 radical (unpaired) electrons. The van der Waals surface area contributed by atoms with Crippen LogP contribution in [0.1, 0.15) is 25.1 Å². The second kappa shape index (κ2) is 4.99. The Kier molecular flexibility index (Phi) is 3.37. The maximum Gasteiger partial charge on any atom is 0.122 e. The molecule has 1 unspecified atom stereocenters. The summed E-state index contributed by atoms with van der Waals surface area (Å²) in [5.41, 5.74) is 6.23. The predicted molar refractivity (Wildman–Crippen MR) is 69.1 cm³/mol. The van der Waals surface area contributed by atoms with Crippen LogP contribution >= 0.6 is 0 Å². The van der Waals surface area contributed by atoms with Crippen LogP contribution in [-0.2, 0) is 17.8 Å². The van der Waals surface area contributed by atoms with E-state index in [9.17, 15) is 0 Å². The van der Waals surface area contributed by atoms with Crippen molar-refractivity contribution in [3.63, 3.8) is 0 Å². The molecule has 3 rings (SSSR count). The van der Waals surface area contributed by atoms with Crippen LogP contribution in [0.4, 0.5) is 0 Å². The molecular formula is C13H22N4O. The summed E-state index contributed by atoms with van der Waals surface area (Å²) >= 11 is 0. The van der Waals surface area contributed by atoms with Gasteiger partial charge in [0.1, 0.15) is 5.82 Å². The quantitative estimate of drug-likeness (QED) is 0.835. The predicted octanol–water partition coefficient (Wildman–Crippen LogP) is 0.597. The number of imidazole rings is 1. The molecule has 0 aromatic carbocycles. The summed E-state index contributed by atoms with van der Waals surface area (Å²) in [6, 6.07) is 0. The highest BCUT2D eigenvalue weighted by Gasteiger charge is 2.37. The molecule has 5 nitrogen and oxygen atoms in total. The SMILES string of the molecule is NCC1(N2CCn3ccnc3C2)CCCOCC1. The Balaban J connectivity index is 1.80. The Hall–Kier alpha value is -0.910. The smallest absolute Gasteiger partial charge is 0.122 e. The minimum absolute atomic E-state index is 0.119. The van der Waals surface area contributed by atoms with E-state index in [-0.39, 0.29) is 5.54 Å². The van der Waals surface area contributed by atoms with E-state index in [2.05, 4.69) is 20.6 Å². The van der Waals surface area contributed by atoms with Crippen molar-refractivity contribution in [2.24, 2.45) is 5.73 Å². The molecule has 0 spiro atoms. The molecule has 5 heteroatoms. The van der Waals surface area contributed by atoms with Crippen molar-refractivity contribution < 1.29 is 4.74 Å². The van der Waals surface area contributed by atoms with E-state index in [0.29, 0.717) is 0 Å². The van der Waals surface area contributed by atoms with Crippen molar-refractivity contribution in [2.75, 3.05) is 26.3 Å². The highest BCUT2D eigenvalue weighted by molar-refractivity contribution is 5.01. The lowest BCUT2D eigenvalue weighted by Crippen LogP contribution is -2.56. The third kappa shape index (κ3) is 2.06. The first-order valence-corrected chi connectivity index (χ1v) is 6.87. The maximum absolute atomic E-state index is 6.11. The van der Waals surface area contributed by atoms with Crippen LogP contribution in [0.25, 0.3) is 0 Å². The summed E-state index contributed by atoms with van der Waals surface area (Å²) in [4.78, 5) is 6.97. The lowest BCUT2D eigenvalue weighted by atomic mass is 9.88. The van der Waals surface area contributed by atoms with Crippen LogP contribution in [0.5, 0.6) is 0 Å². The van der Waals surface area contributed by atoms with E-state index in [0.717, 1.165) is 58.7 Å². The normalized spacial score (nSPS) is 29.8. The molecule has 1 saturated heterocycles. The van der Waals surface area contributed by atoms with Gasteiger partial charge in [0.25, 0.3) is 0 Å². The zero-order chi connectivity index (χ0) is 12.4. The molecule has 3 heterocycles. The van der Waals surface area contributed by atoms with Crippen molar-refractivity contribution in [1.29, 1.82) is 0 Å². The first kappa shape index (κ1) is 12.1. The second-order valence-electron chi connectivity index (χ2n) is 5.35. The molecule has 1 fully saturated rings. The molecule has 1 atom stereocenters. The van der Waals surface area contributed by atoms with E-state index >= 15 is 0 Å². The molecular weight excluding hydrogens is 228 g/mol. The number of aromatic nitrogens is 2. The van der Waals surface area contributed by atoms with Crippen molar-refractivity contribution in [3.05, 3.63) is 18.2 Å². The van der Waals surface area contributed by atoms with Crippen LogP contribution in [0.2, 0.25) is 0 Å². The first-order valence-electron chi connectivity index (χ1n) is 6.87. The van der Waals surface area contributed by atoms with Gasteiger partial charge < -0.3 is 15.0 Å². The van der Waals surface area contributed by atoms with Crippen molar-refractivity contribution in [2.45, 2.75) is 37.9 Å². The fourth-order valence-electron chi connectivity index (χ4n) is 3.22. The third-order valence-corrected chi connectivity index (χ3v) is 4.44. The summed E-state index contributed by atoms with van der Waals surface area (Å²) in [5.74, 6) is 1.17. The van der Waals surface area contributed by atoms with Gasteiger partial charge in [-0.15, -0.1) is 0 Å². The fourth-order valence-corrected chi connectivity index (χ4v) is 3.22. The average Bonchev–Trinajstić information content (AvgIpc) is 2.74. The number of hydrogen-bond acceptors (Lipinski definition) is 4. The molecule has 100 valence electrons. The van der Waals surface area contributed by atoms with E-state index in [1.54, 1.807) is 0 Å². The third-order valence-electron chi connectivity index (χ3n) is 4.44. The molecule has 0 amide bonds. The topological polar surface area (TPSA) is 56.3 Å². The minimum Gasteiger partial charge on any atom is -0.381 e. The lowest BCUT2D eigenvalue weighted by molar-refractivity contribution is 0.0428. The number of rotatable bonds is 2. The van der Waals surface area contributed by atoms with Gasteiger partial charge in [-0.25, -0.2) is 4.98 Å². The van der Waals surface area contributed by atoms with Gasteiger partial charge >= 0.3 is 0 Å². The molecule has 2 N–H and O–H groups in total. The second-order valence-corrected chi connectivity index (χ2v) is 5.35. The molecule has 1 aromatic heterocycles.